The van der Waals surface area contributed by atoms with E-state index in [0.29, 0.717) is 55.0 Å². The third-order valence-corrected chi connectivity index (χ3v) is 7.39. The maximum absolute atomic E-state index is 13.0. The van der Waals surface area contributed by atoms with Crippen LogP contribution in [0.2, 0.25) is 0 Å². The molecule has 1 saturated heterocycles. The summed E-state index contributed by atoms with van der Waals surface area (Å²) in [6.07, 6.45) is 0.934. The second-order valence-corrected chi connectivity index (χ2v) is 9.29. The molecule has 1 aliphatic heterocycles. The van der Waals surface area contributed by atoms with Crippen molar-refractivity contribution in [3.05, 3.63) is 52.3 Å². The Kier molecular flexibility index (Phi) is 5.80. The number of nitrogens with one attached hydrogen (secondary N) is 1. The standard InChI is InChI=1S/C24H26N4O4S/c1-31-15-5-6-21(32-2)18(12-15)19-14-20(26-25-19)24(30)28-9-7-27(8-10-28)23(29)17-13-16(17)22-4-3-11-33-22/h3-6,11-12,14,16-17H,7-10,13H2,1-2H3,(H,25,26)/t16-,17+/m0/s1. The van der Waals surface area contributed by atoms with Gasteiger partial charge in [0.1, 0.15) is 17.2 Å². The summed E-state index contributed by atoms with van der Waals surface area (Å²) in [6.45, 7) is 2.14. The molecule has 3 aromatic rings. The molecule has 0 unspecified atom stereocenters. The molecule has 2 amide bonds. The van der Waals surface area contributed by atoms with Gasteiger partial charge in [0.05, 0.1) is 19.9 Å². The average molecular weight is 467 g/mol. The minimum atomic E-state index is -0.120. The van der Waals surface area contributed by atoms with Gasteiger partial charge in [-0.2, -0.15) is 5.10 Å². The molecule has 33 heavy (non-hydrogen) atoms. The summed E-state index contributed by atoms with van der Waals surface area (Å²) in [7, 11) is 3.19. The lowest BCUT2D eigenvalue weighted by atomic mass is 10.1. The SMILES string of the molecule is COc1ccc(OC)c(-c2cc(C(=O)N3CCN(C(=O)[C@@H]4C[C@@H]4c4cccs4)CC3)[nH]n2)c1. The number of carbonyl (C=O) groups excluding carboxylic acids is 2. The van der Waals surface area contributed by atoms with Crippen LogP contribution >= 0.6 is 11.3 Å². The molecule has 172 valence electrons. The zero-order chi connectivity index (χ0) is 22.9. The van der Waals surface area contributed by atoms with E-state index in [2.05, 4.69) is 21.6 Å². The number of amides is 2. The van der Waals surface area contributed by atoms with Crippen LogP contribution in [0.1, 0.15) is 27.7 Å². The van der Waals surface area contributed by atoms with Gasteiger partial charge in [-0.25, -0.2) is 0 Å². The number of H-pyrrole nitrogens is 1. The fourth-order valence-corrected chi connectivity index (χ4v) is 5.31. The lowest BCUT2D eigenvalue weighted by Gasteiger charge is -2.34. The lowest BCUT2D eigenvalue weighted by molar-refractivity contribution is -0.134. The van der Waals surface area contributed by atoms with Crippen LogP contribution in [0.5, 0.6) is 11.5 Å². The Morgan fingerprint density at radius 1 is 1.06 bits per heavy atom. The molecule has 2 aliphatic rings. The fourth-order valence-electron chi connectivity index (χ4n) is 4.40. The van der Waals surface area contributed by atoms with Crippen LogP contribution in [0.4, 0.5) is 0 Å². The Morgan fingerprint density at radius 2 is 1.85 bits per heavy atom. The minimum Gasteiger partial charge on any atom is -0.497 e. The van der Waals surface area contributed by atoms with Crippen molar-refractivity contribution in [2.45, 2.75) is 12.3 Å². The van der Waals surface area contributed by atoms with Gasteiger partial charge in [0.2, 0.25) is 5.91 Å². The first-order valence-corrected chi connectivity index (χ1v) is 11.9. The molecular weight excluding hydrogens is 440 g/mol. The van der Waals surface area contributed by atoms with Crippen LogP contribution in [0.25, 0.3) is 11.3 Å². The van der Waals surface area contributed by atoms with E-state index >= 15 is 0 Å². The van der Waals surface area contributed by atoms with Crippen molar-refractivity contribution in [3.8, 4) is 22.8 Å². The van der Waals surface area contributed by atoms with E-state index in [0.717, 1.165) is 12.0 Å². The Morgan fingerprint density at radius 3 is 2.55 bits per heavy atom. The first-order valence-electron chi connectivity index (χ1n) is 11.0. The van der Waals surface area contributed by atoms with Crippen molar-refractivity contribution in [2.24, 2.45) is 5.92 Å². The third-order valence-electron chi connectivity index (χ3n) is 6.39. The molecule has 2 aromatic heterocycles. The van der Waals surface area contributed by atoms with Crippen molar-refractivity contribution in [2.75, 3.05) is 40.4 Å². The zero-order valence-electron chi connectivity index (χ0n) is 18.6. The van der Waals surface area contributed by atoms with E-state index < -0.39 is 0 Å². The zero-order valence-corrected chi connectivity index (χ0v) is 19.4. The van der Waals surface area contributed by atoms with E-state index in [1.807, 2.05) is 29.2 Å². The highest BCUT2D eigenvalue weighted by atomic mass is 32.1. The highest BCUT2D eigenvalue weighted by Crippen LogP contribution is 2.50. The number of piperazine rings is 1. The lowest BCUT2D eigenvalue weighted by Crippen LogP contribution is -2.51. The number of methoxy groups -OCH3 is 2. The van der Waals surface area contributed by atoms with Gasteiger partial charge in [0, 0.05) is 48.5 Å². The summed E-state index contributed by atoms with van der Waals surface area (Å²) >= 11 is 1.72. The number of benzene rings is 1. The van der Waals surface area contributed by atoms with E-state index in [1.54, 1.807) is 36.5 Å². The van der Waals surface area contributed by atoms with Crippen LogP contribution in [0.15, 0.2) is 41.8 Å². The van der Waals surface area contributed by atoms with Gasteiger partial charge in [-0.3, -0.25) is 14.7 Å². The van der Waals surface area contributed by atoms with E-state index in [-0.39, 0.29) is 17.7 Å². The summed E-state index contributed by atoms with van der Waals surface area (Å²) in [5, 5.41) is 9.24. The molecular formula is C24H26N4O4S. The normalized spacial score (nSPS) is 19.9. The molecule has 2 atom stereocenters. The predicted molar refractivity (Wildman–Crippen MR) is 125 cm³/mol. The molecule has 0 bridgehead atoms. The van der Waals surface area contributed by atoms with E-state index in [9.17, 15) is 9.59 Å². The Hall–Kier alpha value is -3.33. The van der Waals surface area contributed by atoms with Crippen molar-refractivity contribution >= 4 is 23.2 Å². The first-order chi connectivity index (χ1) is 16.1. The number of ether oxygens (including phenoxy) is 2. The quantitative estimate of drug-likeness (QED) is 0.603. The number of thiophene rings is 1. The van der Waals surface area contributed by atoms with Gasteiger partial charge in [-0.1, -0.05) is 6.07 Å². The van der Waals surface area contributed by atoms with E-state index in [1.165, 1.54) is 4.88 Å². The maximum atomic E-state index is 13.0. The molecule has 2 fully saturated rings. The molecule has 3 heterocycles. The van der Waals surface area contributed by atoms with Crippen LogP contribution in [0, 0.1) is 5.92 Å². The smallest absolute Gasteiger partial charge is 0.272 e. The van der Waals surface area contributed by atoms with Crippen LogP contribution in [-0.2, 0) is 4.79 Å². The highest BCUT2D eigenvalue weighted by molar-refractivity contribution is 7.10. The van der Waals surface area contributed by atoms with Gasteiger partial charge >= 0.3 is 0 Å². The van der Waals surface area contributed by atoms with Crippen LogP contribution in [-0.4, -0.2) is 72.2 Å². The molecule has 9 heteroatoms. The summed E-state index contributed by atoms with van der Waals surface area (Å²) in [6, 6.07) is 11.3. The van der Waals surface area contributed by atoms with Crippen LogP contribution in [0.3, 0.4) is 0 Å². The molecule has 1 aliphatic carbocycles. The number of nitrogens with zero attached hydrogens (tertiary/aromatic N) is 3. The number of hydrogen-bond acceptors (Lipinski definition) is 6. The number of aromatic nitrogens is 2. The van der Waals surface area contributed by atoms with E-state index in [4.69, 9.17) is 9.47 Å². The number of carbonyl (C=O) groups is 2. The van der Waals surface area contributed by atoms with Crippen molar-refractivity contribution in [1.29, 1.82) is 0 Å². The summed E-state index contributed by atoms with van der Waals surface area (Å²) in [5.41, 5.74) is 1.76. The van der Waals surface area contributed by atoms with Crippen molar-refractivity contribution in [3.63, 3.8) is 0 Å². The topological polar surface area (TPSA) is 87.8 Å². The van der Waals surface area contributed by atoms with Gasteiger partial charge < -0.3 is 19.3 Å². The minimum absolute atomic E-state index is 0.0962. The summed E-state index contributed by atoms with van der Waals surface area (Å²) in [5.74, 6) is 1.89. The first kappa shape index (κ1) is 21.5. The highest BCUT2D eigenvalue weighted by Gasteiger charge is 2.46. The second-order valence-electron chi connectivity index (χ2n) is 8.31. The number of rotatable bonds is 6. The number of hydrogen-bond donors (Lipinski definition) is 1. The molecule has 1 aromatic carbocycles. The Bertz CT molecular complexity index is 1150. The Labute approximate surface area is 196 Å². The third kappa shape index (κ3) is 4.20. The maximum Gasteiger partial charge on any atom is 0.272 e. The monoisotopic (exact) mass is 466 g/mol. The molecule has 8 nitrogen and oxygen atoms in total. The molecule has 1 saturated carbocycles. The fraction of sp³-hybridized carbons (Fsp3) is 0.375. The molecule has 0 spiro atoms. The van der Waals surface area contributed by atoms with Gasteiger partial charge in [-0.15, -0.1) is 11.3 Å². The predicted octanol–water partition coefficient (Wildman–Crippen LogP) is 3.24. The molecule has 0 radical (unpaired) electrons. The molecule has 5 rings (SSSR count). The van der Waals surface area contributed by atoms with Gasteiger partial charge in [0.25, 0.3) is 5.91 Å². The van der Waals surface area contributed by atoms with Crippen molar-refractivity contribution in [1.82, 2.24) is 20.0 Å². The largest absolute Gasteiger partial charge is 0.497 e. The molecule has 1 N–H and O–H groups in total. The second kappa shape index (κ2) is 8.90. The number of aromatic amines is 1. The van der Waals surface area contributed by atoms with Crippen LogP contribution < -0.4 is 9.47 Å². The van der Waals surface area contributed by atoms with Gasteiger partial charge in [0.15, 0.2) is 0 Å². The Balaban J connectivity index is 1.21. The van der Waals surface area contributed by atoms with Gasteiger partial charge in [-0.05, 0) is 42.1 Å². The summed E-state index contributed by atoms with van der Waals surface area (Å²) in [4.78, 5) is 30.9. The van der Waals surface area contributed by atoms with Crippen molar-refractivity contribution < 1.29 is 19.1 Å². The average Bonchev–Trinajstić information content (AvgIpc) is 3.25. The summed E-state index contributed by atoms with van der Waals surface area (Å²) < 4.78 is 10.7.